The lowest BCUT2D eigenvalue weighted by molar-refractivity contribution is -0.137. The molecule has 0 amide bonds. The molecule has 1 atom stereocenters. The third-order valence-electron chi connectivity index (χ3n) is 4.16. The second-order valence-electron chi connectivity index (χ2n) is 5.93. The minimum absolute atomic E-state index is 0.175. The van der Waals surface area contributed by atoms with Crippen LogP contribution in [0, 0.1) is 0 Å². The molecule has 24 heavy (non-hydrogen) atoms. The molecule has 1 aromatic heterocycles. The van der Waals surface area contributed by atoms with Crippen LogP contribution in [0.15, 0.2) is 34.9 Å². The van der Waals surface area contributed by atoms with E-state index in [0.29, 0.717) is 31.0 Å². The van der Waals surface area contributed by atoms with E-state index in [9.17, 15) is 18.3 Å². The third-order valence-corrected chi connectivity index (χ3v) is 4.16. The summed E-state index contributed by atoms with van der Waals surface area (Å²) in [6.45, 7) is 1.49. The summed E-state index contributed by atoms with van der Waals surface area (Å²) in [4.78, 5) is 1.99. The molecule has 130 valence electrons. The van der Waals surface area contributed by atoms with E-state index in [-0.39, 0.29) is 12.5 Å². The lowest BCUT2D eigenvalue weighted by atomic mass is 9.95. The standard InChI is InChI=1S/C16H17F3N2O3/c17-16(18,19)12-3-1-10(2-4-12)15(23)8-21-6-11(7-21)14-5-13(9-22)24-20-14/h1-5,11,15,22-23H,6-9H2/t15-/m1/s1. The molecule has 2 aromatic rings. The van der Waals surface area contributed by atoms with Gasteiger partial charge in [-0.05, 0) is 17.7 Å². The van der Waals surface area contributed by atoms with Crippen LogP contribution in [0.5, 0.6) is 0 Å². The van der Waals surface area contributed by atoms with Gasteiger partial charge in [0.25, 0.3) is 0 Å². The molecular formula is C16H17F3N2O3. The summed E-state index contributed by atoms with van der Waals surface area (Å²) in [6, 6.07) is 6.26. The third kappa shape index (κ3) is 3.61. The average molecular weight is 342 g/mol. The van der Waals surface area contributed by atoms with Gasteiger partial charge < -0.3 is 14.7 Å². The molecule has 0 spiro atoms. The Bertz CT molecular complexity index is 679. The SMILES string of the molecule is OCc1cc(C2CN(C[C@@H](O)c3ccc(C(F)(F)F)cc3)C2)no1. The van der Waals surface area contributed by atoms with Crippen LogP contribution in [0.1, 0.15) is 34.6 Å². The van der Waals surface area contributed by atoms with Gasteiger partial charge in [-0.1, -0.05) is 17.3 Å². The molecule has 0 unspecified atom stereocenters. The maximum Gasteiger partial charge on any atom is 0.416 e. The fourth-order valence-corrected chi connectivity index (χ4v) is 2.75. The number of rotatable bonds is 5. The molecule has 0 aliphatic carbocycles. The second-order valence-corrected chi connectivity index (χ2v) is 5.93. The van der Waals surface area contributed by atoms with Crippen molar-refractivity contribution in [2.45, 2.75) is 24.8 Å². The van der Waals surface area contributed by atoms with Crippen molar-refractivity contribution in [2.24, 2.45) is 0 Å². The van der Waals surface area contributed by atoms with Gasteiger partial charge in [-0.25, -0.2) is 0 Å². The van der Waals surface area contributed by atoms with E-state index >= 15 is 0 Å². The summed E-state index contributed by atoms with van der Waals surface area (Å²) in [7, 11) is 0. The van der Waals surface area contributed by atoms with E-state index in [2.05, 4.69) is 5.16 Å². The Balaban J connectivity index is 1.52. The summed E-state index contributed by atoms with van der Waals surface area (Å²) in [5, 5.41) is 23.0. The Morgan fingerprint density at radius 1 is 1.25 bits per heavy atom. The number of benzene rings is 1. The molecule has 5 nitrogen and oxygen atoms in total. The van der Waals surface area contributed by atoms with E-state index in [1.54, 1.807) is 6.07 Å². The average Bonchev–Trinajstić information content (AvgIpc) is 2.98. The first-order valence-corrected chi connectivity index (χ1v) is 7.50. The van der Waals surface area contributed by atoms with Crippen LogP contribution in [0.4, 0.5) is 13.2 Å². The molecule has 1 aliphatic heterocycles. The van der Waals surface area contributed by atoms with Crippen molar-refractivity contribution in [3.05, 3.63) is 52.9 Å². The first-order valence-electron chi connectivity index (χ1n) is 7.50. The summed E-state index contributed by atoms with van der Waals surface area (Å²) < 4.78 is 42.5. The maximum absolute atomic E-state index is 12.5. The van der Waals surface area contributed by atoms with Crippen molar-refractivity contribution in [2.75, 3.05) is 19.6 Å². The summed E-state index contributed by atoms with van der Waals surface area (Å²) in [6.07, 6.45) is -5.22. The van der Waals surface area contributed by atoms with Gasteiger partial charge in [0.15, 0.2) is 5.76 Å². The zero-order chi connectivity index (χ0) is 17.3. The molecule has 2 heterocycles. The smallest absolute Gasteiger partial charge is 0.388 e. The highest BCUT2D eigenvalue weighted by atomic mass is 19.4. The van der Waals surface area contributed by atoms with Crippen LogP contribution < -0.4 is 0 Å². The van der Waals surface area contributed by atoms with Crippen molar-refractivity contribution < 1.29 is 27.9 Å². The Labute approximate surface area is 136 Å². The number of halogens is 3. The quantitative estimate of drug-likeness (QED) is 0.873. The highest BCUT2D eigenvalue weighted by Crippen LogP contribution is 2.31. The van der Waals surface area contributed by atoms with Crippen LogP contribution in [-0.2, 0) is 12.8 Å². The first-order chi connectivity index (χ1) is 11.4. The van der Waals surface area contributed by atoms with Crippen molar-refractivity contribution >= 4 is 0 Å². The number of hydrogen-bond donors (Lipinski definition) is 2. The number of aromatic nitrogens is 1. The summed E-state index contributed by atoms with van der Waals surface area (Å²) in [5.41, 5.74) is 0.489. The number of hydrogen-bond acceptors (Lipinski definition) is 5. The number of β-amino-alcohol motifs (C(OH)–C–C–N with tert-alkyl or cyclic N) is 1. The second kappa shape index (κ2) is 6.54. The summed E-state index contributed by atoms with van der Waals surface area (Å²) in [5.74, 6) is 0.585. The fourth-order valence-electron chi connectivity index (χ4n) is 2.75. The van der Waals surface area contributed by atoms with Crippen LogP contribution in [0.25, 0.3) is 0 Å². The molecule has 1 fully saturated rings. The number of alkyl halides is 3. The van der Waals surface area contributed by atoms with Gasteiger partial charge in [0.1, 0.15) is 6.61 Å². The van der Waals surface area contributed by atoms with Gasteiger partial charge in [0.2, 0.25) is 0 Å². The maximum atomic E-state index is 12.5. The number of aliphatic hydroxyl groups excluding tert-OH is 2. The minimum Gasteiger partial charge on any atom is -0.388 e. The molecule has 0 radical (unpaired) electrons. The molecule has 2 N–H and O–H groups in total. The van der Waals surface area contributed by atoms with Crippen molar-refractivity contribution in [3.63, 3.8) is 0 Å². The molecule has 3 rings (SSSR count). The number of likely N-dealkylation sites (tertiary alicyclic amines) is 1. The van der Waals surface area contributed by atoms with Gasteiger partial charge in [-0.2, -0.15) is 13.2 Å². The van der Waals surface area contributed by atoms with Crippen molar-refractivity contribution in [3.8, 4) is 0 Å². The Hall–Kier alpha value is -1.90. The van der Waals surface area contributed by atoms with E-state index in [1.165, 1.54) is 12.1 Å². The van der Waals surface area contributed by atoms with Gasteiger partial charge in [0, 0.05) is 31.6 Å². The lowest BCUT2D eigenvalue weighted by Gasteiger charge is -2.39. The van der Waals surface area contributed by atoms with Gasteiger partial charge in [-0.15, -0.1) is 0 Å². The molecule has 0 bridgehead atoms. The van der Waals surface area contributed by atoms with Crippen LogP contribution >= 0.6 is 0 Å². The zero-order valence-electron chi connectivity index (χ0n) is 12.7. The predicted octanol–water partition coefficient (Wildman–Crippen LogP) is 2.32. The van der Waals surface area contributed by atoms with Gasteiger partial charge in [0.05, 0.1) is 17.4 Å². The van der Waals surface area contributed by atoms with E-state index in [1.807, 2.05) is 4.90 Å². The normalized spacial score (nSPS) is 17.7. The summed E-state index contributed by atoms with van der Waals surface area (Å²) >= 11 is 0. The van der Waals surface area contributed by atoms with Crippen molar-refractivity contribution in [1.82, 2.24) is 10.1 Å². The Kier molecular flexibility index (Phi) is 4.62. The largest absolute Gasteiger partial charge is 0.416 e. The van der Waals surface area contributed by atoms with Crippen LogP contribution in [-0.4, -0.2) is 39.9 Å². The molecule has 1 aliphatic rings. The van der Waals surface area contributed by atoms with E-state index in [4.69, 9.17) is 9.63 Å². The van der Waals surface area contributed by atoms with Crippen LogP contribution in [0.2, 0.25) is 0 Å². The monoisotopic (exact) mass is 342 g/mol. The van der Waals surface area contributed by atoms with Crippen molar-refractivity contribution in [1.29, 1.82) is 0 Å². The lowest BCUT2D eigenvalue weighted by Crippen LogP contribution is -2.46. The topological polar surface area (TPSA) is 69.7 Å². The first kappa shape index (κ1) is 16.9. The minimum atomic E-state index is -4.38. The Morgan fingerprint density at radius 3 is 2.46 bits per heavy atom. The van der Waals surface area contributed by atoms with Gasteiger partial charge in [-0.3, -0.25) is 4.90 Å². The Morgan fingerprint density at radius 2 is 1.92 bits per heavy atom. The molecule has 1 saturated heterocycles. The zero-order valence-corrected chi connectivity index (χ0v) is 12.7. The highest BCUT2D eigenvalue weighted by Gasteiger charge is 2.33. The van der Waals surface area contributed by atoms with Crippen LogP contribution in [0.3, 0.4) is 0 Å². The number of nitrogens with zero attached hydrogens (tertiary/aromatic N) is 2. The molecule has 1 aromatic carbocycles. The highest BCUT2D eigenvalue weighted by molar-refractivity contribution is 5.26. The van der Waals surface area contributed by atoms with Gasteiger partial charge >= 0.3 is 6.18 Å². The molecule has 0 saturated carbocycles. The van der Waals surface area contributed by atoms with E-state index < -0.39 is 17.8 Å². The predicted molar refractivity (Wildman–Crippen MR) is 78.0 cm³/mol. The fraction of sp³-hybridized carbons (Fsp3) is 0.438. The van der Waals surface area contributed by atoms with E-state index in [0.717, 1.165) is 17.8 Å². The molecule has 8 heteroatoms. The molecular weight excluding hydrogens is 325 g/mol. The number of aliphatic hydroxyl groups is 2.